The summed E-state index contributed by atoms with van der Waals surface area (Å²) in [7, 11) is -1.97. The van der Waals surface area contributed by atoms with Gasteiger partial charge in [0.2, 0.25) is 0 Å². The summed E-state index contributed by atoms with van der Waals surface area (Å²) in [6.07, 6.45) is 0. The zero-order valence-electron chi connectivity index (χ0n) is 3.79. The van der Waals surface area contributed by atoms with Crippen molar-refractivity contribution < 1.29 is 19.5 Å². The quantitative estimate of drug-likeness (QED) is 0.380. The molecule has 0 radical (unpaired) electrons. The fourth-order valence-corrected chi connectivity index (χ4v) is 0.148. The summed E-state index contributed by atoms with van der Waals surface area (Å²) in [5, 5.41) is 15.7. The molecule has 0 spiro atoms. The van der Waals surface area contributed by atoms with Gasteiger partial charge in [0.25, 0.3) is 5.97 Å². The minimum absolute atomic E-state index is 0. The molecule has 0 heterocycles. The molecule has 0 unspecified atom stereocenters. The topological polar surface area (TPSA) is 66.8 Å². The van der Waals surface area contributed by atoms with E-state index >= 15 is 0 Å². The summed E-state index contributed by atoms with van der Waals surface area (Å²) in [5.74, 6) is -0.713. The molecule has 0 saturated carbocycles. The molecule has 0 atom stereocenters. The zero-order chi connectivity index (χ0) is 5.86. The molecule has 8 heavy (non-hydrogen) atoms. The summed E-state index contributed by atoms with van der Waals surface area (Å²) in [6, 6.07) is 0. The molecule has 0 bridgehead atoms. The average molecular weight is 112 g/mol. The van der Waals surface area contributed by atoms with Gasteiger partial charge < -0.3 is 14.7 Å². The third-order valence-electron chi connectivity index (χ3n) is 0.271. The first-order valence-electron chi connectivity index (χ1n) is 1.66. The Morgan fingerprint density at radius 3 is 2.00 bits per heavy atom. The van der Waals surface area contributed by atoms with E-state index in [0.29, 0.717) is 0 Å². The molecule has 0 fully saturated rings. The SMILES string of the molecule is CC(=O)OB(O)O.[LiH]. The van der Waals surface area contributed by atoms with Crippen molar-refractivity contribution in [2.45, 2.75) is 6.92 Å². The van der Waals surface area contributed by atoms with Gasteiger partial charge >= 0.3 is 26.2 Å². The average Bonchev–Trinajstić information content (AvgIpc) is 1.27. The summed E-state index contributed by atoms with van der Waals surface area (Å²) in [6.45, 7) is 1.08. The van der Waals surface area contributed by atoms with E-state index in [4.69, 9.17) is 10.0 Å². The van der Waals surface area contributed by atoms with Gasteiger partial charge in [-0.1, -0.05) is 0 Å². The molecule has 0 aliphatic rings. The Kier molecular flexibility index (Phi) is 7.10. The van der Waals surface area contributed by atoms with Crippen molar-refractivity contribution in [1.29, 1.82) is 0 Å². The fourth-order valence-electron chi connectivity index (χ4n) is 0.148. The Labute approximate surface area is 59.2 Å². The predicted octanol–water partition coefficient (Wildman–Crippen LogP) is -2.13. The van der Waals surface area contributed by atoms with E-state index in [1.165, 1.54) is 0 Å². The van der Waals surface area contributed by atoms with E-state index in [-0.39, 0.29) is 18.9 Å². The van der Waals surface area contributed by atoms with Crippen LogP contribution in [0.4, 0.5) is 0 Å². The fraction of sp³-hybridized carbons (Fsp3) is 0.500. The van der Waals surface area contributed by atoms with E-state index in [2.05, 4.69) is 4.65 Å². The predicted molar refractivity (Wildman–Crippen MR) is 29.1 cm³/mol. The third-order valence-corrected chi connectivity index (χ3v) is 0.271. The molecular weight excluding hydrogens is 106 g/mol. The van der Waals surface area contributed by atoms with Crippen molar-refractivity contribution in [2.24, 2.45) is 0 Å². The molecule has 0 aliphatic carbocycles. The minimum atomic E-state index is -1.97. The Morgan fingerprint density at radius 2 is 2.00 bits per heavy atom. The molecule has 0 aromatic heterocycles. The maximum absolute atomic E-state index is 9.71. The van der Waals surface area contributed by atoms with Gasteiger partial charge in [0.1, 0.15) is 0 Å². The second-order valence-corrected chi connectivity index (χ2v) is 0.936. The van der Waals surface area contributed by atoms with Crippen LogP contribution in [0.15, 0.2) is 0 Å². The van der Waals surface area contributed by atoms with Crippen molar-refractivity contribution in [3.05, 3.63) is 0 Å². The molecule has 0 amide bonds. The van der Waals surface area contributed by atoms with Crippen LogP contribution in [-0.2, 0) is 9.45 Å². The van der Waals surface area contributed by atoms with Crippen LogP contribution in [0.2, 0.25) is 0 Å². The standard InChI is InChI=1S/C2H5BO4.Li.H/c1-2(4)7-3(5)6;;/h5-6H,1H3;;. The third kappa shape index (κ3) is 9.41. The normalized spacial score (nSPS) is 6.88. The Hall–Kier alpha value is 0.0523. The first-order valence-corrected chi connectivity index (χ1v) is 1.66. The van der Waals surface area contributed by atoms with Gasteiger partial charge in [-0.15, -0.1) is 0 Å². The summed E-state index contributed by atoms with van der Waals surface area (Å²) < 4.78 is 3.72. The molecule has 4 nitrogen and oxygen atoms in total. The maximum atomic E-state index is 9.71. The molecule has 0 rings (SSSR count). The van der Waals surface area contributed by atoms with Crippen LogP contribution in [-0.4, -0.2) is 42.2 Å². The summed E-state index contributed by atoms with van der Waals surface area (Å²) in [5.41, 5.74) is 0. The van der Waals surface area contributed by atoms with Crippen LogP contribution in [0.1, 0.15) is 6.92 Å². The van der Waals surface area contributed by atoms with Crippen LogP contribution >= 0.6 is 0 Å². The summed E-state index contributed by atoms with van der Waals surface area (Å²) in [4.78, 5) is 9.71. The van der Waals surface area contributed by atoms with E-state index in [9.17, 15) is 4.79 Å². The van der Waals surface area contributed by atoms with Crippen molar-refractivity contribution >= 4 is 32.2 Å². The zero-order valence-corrected chi connectivity index (χ0v) is 3.79. The van der Waals surface area contributed by atoms with Crippen molar-refractivity contribution in [3.63, 3.8) is 0 Å². The van der Waals surface area contributed by atoms with Gasteiger partial charge in [0.05, 0.1) is 0 Å². The van der Waals surface area contributed by atoms with Crippen molar-refractivity contribution in [3.8, 4) is 0 Å². The number of rotatable bonds is 1. The first kappa shape index (κ1) is 10.9. The van der Waals surface area contributed by atoms with E-state index < -0.39 is 13.3 Å². The summed E-state index contributed by atoms with van der Waals surface area (Å²) >= 11 is 0. The van der Waals surface area contributed by atoms with Crippen LogP contribution in [0, 0.1) is 0 Å². The molecule has 2 N–H and O–H groups in total. The number of carbonyl (C=O) groups excluding carboxylic acids is 1. The van der Waals surface area contributed by atoms with Gasteiger partial charge in [-0.3, -0.25) is 4.79 Å². The molecular formula is C2H6BLiO4. The number of hydrogen-bond donors (Lipinski definition) is 2. The molecule has 0 aliphatic heterocycles. The van der Waals surface area contributed by atoms with E-state index in [1.807, 2.05) is 0 Å². The molecule has 0 saturated heterocycles. The Balaban J connectivity index is 0. The second-order valence-electron chi connectivity index (χ2n) is 0.936. The molecule has 42 valence electrons. The van der Waals surface area contributed by atoms with Gasteiger partial charge in [0, 0.05) is 6.92 Å². The monoisotopic (exact) mass is 112 g/mol. The first-order chi connectivity index (χ1) is 3.13. The van der Waals surface area contributed by atoms with Crippen LogP contribution in [0.3, 0.4) is 0 Å². The number of hydrogen-bond acceptors (Lipinski definition) is 4. The van der Waals surface area contributed by atoms with Gasteiger partial charge in [-0.2, -0.15) is 0 Å². The van der Waals surface area contributed by atoms with Crippen LogP contribution in [0.5, 0.6) is 0 Å². The molecule has 0 aromatic carbocycles. The van der Waals surface area contributed by atoms with Crippen molar-refractivity contribution in [2.75, 3.05) is 0 Å². The molecule has 6 heteroatoms. The van der Waals surface area contributed by atoms with Gasteiger partial charge in [-0.05, 0) is 0 Å². The number of carbonyl (C=O) groups is 1. The van der Waals surface area contributed by atoms with E-state index in [0.717, 1.165) is 6.92 Å². The Morgan fingerprint density at radius 1 is 1.62 bits per heavy atom. The van der Waals surface area contributed by atoms with Crippen molar-refractivity contribution in [1.82, 2.24) is 0 Å². The van der Waals surface area contributed by atoms with E-state index in [1.54, 1.807) is 0 Å². The molecule has 0 aromatic rings. The van der Waals surface area contributed by atoms with Gasteiger partial charge in [0.15, 0.2) is 0 Å². The van der Waals surface area contributed by atoms with Gasteiger partial charge in [-0.25, -0.2) is 0 Å². The van der Waals surface area contributed by atoms with Crippen LogP contribution in [0.25, 0.3) is 0 Å². The Bertz CT molecular complexity index is 74.4. The second kappa shape index (κ2) is 5.19. The van der Waals surface area contributed by atoms with Crippen LogP contribution < -0.4 is 0 Å².